The Morgan fingerprint density at radius 3 is 1.18 bits per heavy atom. The number of hydrogen-bond acceptors (Lipinski definition) is 6. The minimum atomic E-state index is -0.0470. The number of carbonyl (C=O) groups is 2. The van der Waals surface area contributed by atoms with E-state index in [-0.39, 0.29) is 24.0 Å². The molecule has 0 N–H and O–H groups in total. The Hall–Kier alpha value is -5.44. The quantitative estimate of drug-likeness (QED) is 0.0407. The van der Waals surface area contributed by atoms with Gasteiger partial charge in [0, 0.05) is 35.6 Å². The molecule has 326 valence electrons. The van der Waals surface area contributed by atoms with Crippen LogP contribution < -0.4 is 19.3 Å². The number of unbranched alkanes of at least 4 members (excludes halogenated alkanes) is 10. The normalized spacial score (nSPS) is 15.2. The molecule has 0 spiro atoms. The topological polar surface area (TPSA) is 84.1 Å². The summed E-state index contributed by atoms with van der Waals surface area (Å²) in [6, 6.07) is 39.9. The number of hydrogen-bond donors (Lipinski definition) is 0. The molecule has 2 atom stereocenters. The first kappa shape index (κ1) is 44.6. The minimum absolute atomic E-state index is 0.0470. The van der Waals surface area contributed by atoms with Gasteiger partial charge in [0.25, 0.3) is 11.8 Å². The molecule has 7 rings (SSSR count). The Morgan fingerprint density at radius 2 is 0.823 bits per heavy atom. The van der Waals surface area contributed by atoms with E-state index in [4.69, 9.17) is 18.9 Å². The molecular weight excluding hydrogens is 773 g/mol. The van der Waals surface area contributed by atoms with Crippen molar-refractivity contribution in [3.8, 4) is 33.8 Å². The minimum Gasteiger partial charge on any atom is -0.491 e. The summed E-state index contributed by atoms with van der Waals surface area (Å²) in [6.07, 6.45) is 13.9. The van der Waals surface area contributed by atoms with Crippen molar-refractivity contribution in [2.75, 3.05) is 49.3 Å². The average Bonchev–Trinajstić information content (AvgIpc) is 4.27. The zero-order valence-corrected chi connectivity index (χ0v) is 36.8. The monoisotopic (exact) mass is 836 g/mol. The summed E-state index contributed by atoms with van der Waals surface area (Å²) in [5.74, 6) is 1.54. The van der Waals surface area contributed by atoms with E-state index in [0.717, 1.165) is 96.9 Å². The van der Waals surface area contributed by atoms with E-state index in [1.54, 1.807) is 0 Å². The van der Waals surface area contributed by atoms with Gasteiger partial charge in [0.05, 0.1) is 13.2 Å². The van der Waals surface area contributed by atoms with E-state index in [1.807, 2.05) is 131 Å². The van der Waals surface area contributed by atoms with Gasteiger partial charge < -0.3 is 28.7 Å². The van der Waals surface area contributed by atoms with Crippen LogP contribution in [0.1, 0.15) is 112 Å². The highest BCUT2D eigenvalue weighted by molar-refractivity contribution is 6.08. The summed E-state index contributed by atoms with van der Waals surface area (Å²) < 4.78 is 22.2. The number of nitrogens with zero attached hydrogens (tertiary/aromatic N) is 2. The molecule has 5 aromatic carbocycles. The molecule has 8 nitrogen and oxygen atoms in total. The number of carbonyl (C=O) groups excluding carboxylic acids is 2. The van der Waals surface area contributed by atoms with E-state index in [2.05, 4.69) is 13.8 Å². The summed E-state index contributed by atoms with van der Waals surface area (Å²) in [6.45, 7) is 8.32. The van der Waals surface area contributed by atoms with Gasteiger partial charge in [0.2, 0.25) is 0 Å². The van der Waals surface area contributed by atoms with Crippen molar-refractivity contribution in [1.82, 2.24) is 0 Å². The molecule has 5 aromatic rings. The number of ether oxygens (including phenoxy) is 4. The Bertz CT molecular complexity index is 1980. The molecule has 0 aliphatic carbocycles. The molecule has 0 aromatic heterocycles. The predicted octanol–water partition coefficient (Wildman–Crippen LogP) is 12.6. The van der Waals surface area contributed by atoms with Crippen LogP contribution >= 0.6 is 0 Å². The van der Waals surface area contributed by atoms with Crippen molar-refractivity contribution in [2.24, 2.45) is 0 Å². The van der Waals surface area contributed by atoms with Crippen molar-refractivity contribution in [1.29, 1.82) is 0 Å². The maximum Gasteiger partial charge on any atom is 0.258 e. The van der Waals surface area contributed by atoms with Gasteiger partial charge in [-0.15, -0.1) is 0 Å². The lowest BCUT2D eigenvalue weighted by Gasteiger charge is -2.27. The van der Waals surface area contributed by atoms with Crippen LogP contribution in [0.25, 0.3) is 22.3 Å². The van der Waals surface area contributed by atoms with Gasteiger partial charge in [-0.3, -0.25) is 9.59 Å². The first-order chi connectivity index (χ1) is 30.5. The van der Waals surface area contributed by atoms with Crippen LogP contribution in [-0.4, -0.2) is 63.5 Å². The van der Waals surface area contributed by atoms with Crippen LogP contribution in [0.4, 0.5) is 11.4 Å². The highest BCUT2D eigenvalue weighted by Gasteiger charge is 2.25. The standard InChI is InChI=1S/C54H64N2O6/c1-3-5-7-9-11-13-34-55(53(57)45-22-18-41(19-23-45)43-26-30-49(31-27-43)59-37-51-39-61-51)47-16-15-17-48(36-47)56(35-14-12-10-8-6-4-2)54(58)46-24-20-42(21-25-46)44-28-32-50(33-29-44)60-38-52-40-62-52/h15-33,36,51-52H,3-14,34-35,37-40H2,1-2H3. The fourth-order valence-electron chi connectivity index (χ4n) is 7.74. The molecule has 8 heteroatoms. The van der Waals surface area contributed by atoms with E-state index in [9.17, 15) is 9.59 Å². The zero-order chi connectivity index (χ0) is 42.9. The molecule has 0 radical (unpaired) electrons. The van der Waals surface area contributed by atoms with Crippen LogP contribution in [0.5, 0.6) is 11.5 Å². The second kappa shape index (κ2) is 23.1. The van der Waals surface area contributed by atoms with Crippen molar-refractivity contribution in [2.45, 2.75) is 103 Å². The van der Waals surface area contributed by atoms with Gasteiger partial charge in [-0.05, 0) is 102 Å². The van der Waals surface area contributed by atoms with Crippen molar-refractivity contribution >= 4 is 23.2 Å². The third-order valence-corrected chi connectivity index (χ3v) is 11.7. The van der Waals surface area contributed by atoms with Crippen molar-refractivity contribution in [3.63, 3.8) is 0 Å². The molecule has 0 saturated carbocycles. The molecule has 2 aliphatic heterocycles. The lowest BCUT2D eigenvalue weighted by Crippen LogP contribution is -2.34. The summed E-state index contributed by atoms with van der Waals surface area (Å²) in [5.41, 5.74) is 7.02. The van der Waals surface area contributed by atoms with Gasteiger partial charge >= 0.3 is 0 Å². The zero-order valence-electron chi connectivity index (χ0n) is 36.8. The van der Waals surface area contributed by atoms with Gasteiger partial charge in [-0.2, -0.15) is 0 Å². The molecule has 2 saturated heterocycles. The molecule has 2 unspecified atom stereocenters. The molecular formula is C54H64N2O6. The maximum atomic E-state index is 14.5. The summed E-state index contributed by atoms with van der Waals surface area (Å²) in [7, 11) is 0. The molecule has 2 aliphatic rings. The van der Waals surface area contributed by atoms with E-state index >= 15 is 0 Å². The highest BCUT2D eigenvalue weighted by Crippen LogP contribution is 2.30. The molecule has 62 heavy (non-hydrogen) atoms. The Kier molecular flexibility index (Phi) is 16.6. The fourth-order valence-corrected chi connectivity index (χ4v) is 7.74. The first-order valence-corrected chi connectivity index (χ1v) is 23.1. The van der Waals surface area contributed by atoms with Crippen LogP contribution in [0.3, 0.4) is 0 Å². The van der Waals surface area contributed by atoms with Crippen molar-refractivity contribution < 1.29 is 28.5 Å². The lowest BCUT2D eigenvalue weighted by atomic mass is 10.0. The van der Waals surface area contributed by atoms with Gasteiger partial charge in [0.1, 0.15) is 36.9 Å². The third-order valence-electron chi connectivity index (χ3n) is 11.7. The Balaban J connectivity index is 1.09. The summed E-state index contributed by atoms with van der Waals surface area (Å²) in [5, 5.41) is 0. The maximum absolute atomic E-state index is 14.5. The highest BCUT2D eigenvalue weighted by atomic mass is 16.6. The van der Waals surface area contributed by atoms with Crippen LogP contribution in [0.15, 0.2) is 121 Å². The average molecular weight is 837 g/mol. The van der Waals surface area contributed by atoms with Crippen LogP contribution in [-0.2, 0) is 9.47 Å². The number of benzene rings is 5. The second-order valence-corrected chi connectivity index (χ2v) is 16.7. The number of anilines is 2. The van der Waals surface area contributed by atoms with Crippen molar-refractivity contribution in [3.05, 3.63) is 132 Å². The van der Waals surface area contributed by atoms with E-state index < -0.39 is 0 Å². The predicted molar refractivity (Wildman–Crippen MR) is 251 cm³/mol. The number of amides is 2. The third kappa shape index (κ3) is 13.3. The summed E-state index contributed by atoms with van der Waals surface area (Å²) >= 11 is 0. The smallest absolute Gasteiger partial charge is 0.258 e. The van der Waals surface area contributed by atoms with Gasteiger partial charge in [-0.25, -0.2) is 0 Å². The molecule has 0 bridgehead atoms. The fraction of sp³-hybridized carbons (Fsp3) is 0.407. The summed E-state index contributed by atoms with van der Waals surface area (Å²) in [4.78, 5) is 32.8. The lowest BCUT2D eigenvalue weighted by molar-refractivity contribution is 0.0980. The Labute approximate surface area is 369 Å². The molecule has 2 fully saturated rings. The first-order valence-electron chi connectivity index (χ1n) is 23.1. The Morgan fingerprint density at radius 1 is 0.484 bits per heavy atom. The second-order valence-electron chi connectivity index (χ2n) is 16.7. The SMILES string of the molecule is CCCCCCCCN(C(=O)c1ccc(-c2ccc(OCC3CO3)cc2)cc1)c1cccc(N(CCCCCCCC)C(=O)c2ccc(-c3ccc(OCC4CO4)cc3)cc2)c1. The van der Waals surface area contributed by atoms with E-state index in [1.165, 1.54) is 38.5 Å². The van der Waals surface area contributed by atoms with Crippen LogP contribution in [0, 0.1) is 0 Å². The largest absolute Gasteiger partial charge is 0.491 e. The van der Waals surface area contributed by atoms with Gasteiger partial charge in [-0.1, -0.05) is 133 Å². The van der Waals surface area contributed by atoms with E-state index in [0.29, 0.717) is 37.4 Å². The number of epoxide rings is 2. The van der Waals surface area contributed by atoms with Crippen LogP contribution in [0.2, 0.25) is 0 Å². The van der Waals surface area contributed by atoms with Gasteiger partial charge in [0.15, 0.2) is 0 Å². The number of rotatable bonds is 26. The molecule has 2 heterocycles. The molecule has 2 amide bonds.